The zero-order chi connectivity index (χ0) is 17.9. The summed E-state index contributed by atoms with van der Waals surface area (Å²) in [6.45, 7) is 7.34. The van der Waals surface area contributed by atoms with Crippen LogP contribution in [0.2, 0.25) is 0 Å². The molecule has 2 fully saturated rings. The van der Waals surface area contributed by atoms with Gasteiger partial charge in [-0.1, -0.05) is 20.8 Å². The molecule has 5 nitrogen and oxygen atoms in total. The van der Waals surface area contributed by atoms with E-state index in [4.69, 9.17) is 4.42 Å². The van der Waals surface area contributed by atoms with Gasteiger partial charge in [0.25, 0.3) is 0 Å². The highest BCUT2D eigenvalue weighted by Crippen LogP contribution is 2.53. The summed E-state index contributed by atoms with van der Waals surface area (Å²) in [6, 6.07) is 7.00. The molecule has 1 aliphatic carbocycles. The highest BCUT2D eigenvalue weighted by molar-refractivity contribution is 7.89. The predicted octanol–water partition coefficient (Wildman–Crippen LogP) is 3.93. The van der Waals surface area contributed by atoms with Gasteiger partial charge < -0.3 is 4.42 Å². The maximum atomic E-state index is 13.2. The largest absolute Gasteiger partial charge is 0.444 e. The lowest BCUT2D eigenvalue weighted by molar-refractivity contribution is 0.133. The average Bonchev–Trinajstić information content (AvgIpc) is 3.13. The third kappa shape index (κ3) is 2.91. The van der Waals surface area contributed by atoms with E-state index >= 15 is 0 Å². The topological polar surface area (TPSA) is 63.4 Å². The minimum Gasteiger partial charge on any atom is -0.444 e. The third-order valence-corrected chi connectivity index (χ3v) is 7.46. The minimum absolute atomic E-state index is 0.0826. The van der Waals surface area contributed by atoms with Crippen molar-refractivity contribution in [2.45, 2.75) is 51.0 Å². The van der Waals surface area contributed by atoms with Gasteiger partial charge >= 0.3 is 0 Å². The molecule has 1 aromatic carbocycles. The first kappa shape index (κ1) is 16.8. The summed E-state index contributed by atoms with van der Waals surface area (Å²) in [5.41, 5.74) is 1.10. The minimum atomic E-state index is -3.48. The molecule has 2 aromatic rings. The Morgan fingerprint density at radius 2 is 1.88 bits per heavy atom. The van der Waals surface area contributed by atoms with Crippen molar-refractivity contribution in [3.63, 3.8) is 0 Å². The molecule has 0 N–H and O–H groups in total. The monoisotopic (exact) mass is 360 g/mol. The average molecular weight is 360 g/mol. The van der Waals surface area contributed by atoms with E-state index in [2.05, 4.69) is 25.8 Å². The molecule has 2 atom stereocenters. The van der Waals surface area contributed by atoms with E-state index in [0.717, 1.165) is 24.8 Å². The Morgan fingerprint density at radius 1 is 1.16 bits per heavy atom. The first-order chi connectivity index (χ1) is 11.7. The van der Waals surface area contributed by atoms with Crippen molar-refractivity contribution in [3.8, 4) is 11.3 Å². The van der Waals surface area contributed by atoms with Crippen LogP contribution in [0.4, 0.5) is 0 Å². The second-order valence-electron chi connectivity index (χ2n) is 8.65. The van der Waals surface area contributed by atoms with E-state index in [1.165, 1.54) is 6.39 Å². The molecule has 0 amide bonds. The lowest BCUT2D eigenvalue weighted by Gasteiger charge is -2.39. The van der Waals surface area contributed by atoms with Crippen molar-refractivity contribution in [1.82, 2.24) is 9.29 Å². The Labute approximate surface area is 149 Å². The number of rotatable bonds is 3. The zero-order valence-corrected chi connectivity index (χ0v) is 15.7. The van der Waals surface area contributed by atoms with Gasteiger partial charge in [-0.05, 0) is 54.4 Å². The maximum Gasteiger partial charge on any atom is 0.243 e. The standard InChI is InChI=1S/C19H24N2O3S/c1-18(2)8-15-9-19(3,11-18)12-21(15)25(22,23)16-6-4-14(5-7-16)17-10-20-13-24-17/h4-7,10,13,15H,8-9,11-12H2,1-3H3. The first-order valence-corrected chi connectivity index (χ1v) is 10.1. The lowest BCUT2D eigenvalue weighted by atomic mass is 9.65. The summed E-state index contributed by atoms with van der Waals surface area (Å²) in [5.74, 6) is 0.634. The zero-order valence-electron chi connectivity index (χ0n) is 14.9. The summed E-state index contributed by atoms with van der Waals surface area (Å²) >= 11 is 0. The second-order valence-corrected chi connectivity index (χ2v) is 10.5. The van der Waals surface area contributed by atoms with Crippen LogP contribution in [0.15, 0.2) is 46.2 Å². The SMILES string of the molecule is CC1(C)CC2CC(C)(CN2S(=O)(=O)c2ccc(-c3cnco3)cc2)C1. The molecule has 2 unspecified atom stereocenters. The van der Waals surface area contributed by atoms with Crippen molar-refractivity contribution in [1.29, 1.82) is 0 Å². The van der Waals surface area contributed by atoms with Gasteiger partial charge in [0.15, 0.2) is 12.2 Å². The molecule has 0 radical (unpaired) electrons. The van der Waals surface area contributed by atoms with E-state index in [1.807, 2.05) is 0 Å². The van der Waals surface area contributed by atoms with E-state index in [9.17, 15) is 8.42 Å². The number of hydrogen-bond donors (Lipinski definition) is 0. The highest BCUT2D eigenvalue weighted by atomic mass is 32.2. The fourth-order valence-corrected chi connectivity index (χ4v) is 6.75. The molecule has 2 bridgehead atoms. The Kier molecular flexibility index (Phi) is 3.64. The van der Waals surface area contributed by atoms with Gasteiger partial charge in [0.05, 0.1) is 11.1 Å². The molecule has 25 heavy (non-hydrogen) atoms. The quantitative estimate of drug-likeness (QED) is 0.832. The van der Waals surface area contributed by atoms with E-state index < -0.39 is 10.0 Å². The number of nitrogens with zero attached hydrogens (tertiary/aromatic N) is 2. The third-order valence-electron chi connectivity index (χ3n) is 5.54. The van der Waals surface area contributed by atoms with Crippen molar-refractivity contribution < 1.29 is 12.8 Å². The van der Waals surface area contributed by atoms with Gasteiger partial charge in [-0.2, -0.15) is 4.31 Å². The molecule has 2 aliphatic rings. The van der Waals surface area contributed by atoms with Gasteiger partial charge in [0.2, 0.25) is 10.0 Å². The molecule has 6 heteroatoms. The normalized spacial score (nSPS) is 29.0. The summed E-state index contributed by atoms with van der Waals surface area (Å²) < 4.78 is 33.4. The molecule has 1 saturated carbocycles. The maximum absolute atomic E-state index is 13.2. The van der Waals surface area contributed by atoms with Crippen LogP contribution in [-0.4, -0.2) is 30.3 Å². The number of aromatic nitrogens is 1. The summed E-state index contributed by atoms with van der Waals surface area (Å²) in [7, 11) is -3.48. The van der Waals surface area contributed by atoms with Crippen molar-refractivity contribution in [3.05, 3.63) is 36.9 Å². The number of oxazole rings is 1. The molecule has 0 spiro atoms. The predicted molar refractivity (Wildman–Crippen MR) is 95.4 cm³/mol. The summed E-state index contributed by atoms with van der Waals surface area (Å²) in [4.78, 5) is 4.25. The molecule has 134 valence electrons. The van der Waals surface area contributed by atoms with Crippen LogP contribution < -0.4 is 0 Å². The van der Waals surface area contributed by atoms with Gasteiger partial charge in [0.1, 0.15) is 0 Å². The van der Waals surface area contributed by atoms with Crippen LogP contribution >= 0.6 is 0 Å². The van der Waals surface area contributed by atoms with Crippen molar-refractivity contribution in [2.75, 3.05) is 6.54 Å². The van der Waals surface area contributed by atoms with Crippen molar-refractivity contribution in [2.24, 2.45) is 10.8 Å². The van der Waals surface area contributed by atoms with Gasteiger partial charge in [-0.15, -0.1) is 0 Å². The highest BCUT2D eigenvalue weighted by Gasteiger charge is 2.53. The van der Waals surface area contributed by atoms with E-state index in [-0.39, 0.29) is 16.9 Å². The fraction of sp³-hybridized carbons (Fsp3) is 0.526. The number of benzene rings is 1. The van der Waals surface area contributed by atoms with Crippen LogP contribution in [0, 0.1) is 10.8 Å². The Bertz CT molecular complexity index is 872. The molecule has 1 aromatic heterocycles. The van der Waals surface area contributed by atoms with Gasteiger partial charge in [-0.3, -0.25) is 0 Å². The molecular formula is C19H24N2O3S. The van der Waals surface area contributed by atoms with Crippen LogP contribution in [0.5, 0.6) is 0 Å². The lowest BCUT2D eigenvalue weighted by Crippen LogP contribution is -2.37. The number of hydrogen-bond acceptors (Lipinski definition) is 4. The first-order valence-electron chi connectivity index (χ1n) is 8.69. The van der Waals surface area contributed by atoms with Crippen LogP contribution in [0.1, 0.15) is 40.0 Å². The van der Waals surface area contributed by atoms with Crippen LogP contribution in [0.25, 0.3) is 11.3 Å². The fourth-order valence-electron chi connectivity index (χ4n) is 4.97. The number of fused-ring (bicyclic) bond motifs is 2. The Morgan fingerprint density at radius 3 is 2.52 bits per heavy atom. The van der Waals surface area contributed by atoms with Crippen molar-refractivity contribution >= 4 is 10.0 Å². The van der Waals surface area contributed by atoms with Crippen LogP contribution in [-0.2, 0) is 10.0 Å². The summed E-state index contributed by atoms with van der Waals surface area (Å²) in [5, 5.41) is 0. The second kappa shape index (κ2) is 5.42. The van der Waals surface area contributed by atoms with Gasteiger partial charge in [-0.25, -0.2) is 13.4 Å². The summed E-state index contributed by atoms with van der Waals surface area (Å²) in [6.07, 6.45) is 5.96. The van der Waals surface area contributed by atoms with E-state index in [1.54, 1.807) is 34.8 Å². The Hall–Kier alpha value is -1.66. The molecule has 1 aliphatic heterocycles. The molecule has 1 saturated heterocycles. The van der Waals surface area contributed by atoms with Gasteiger partial charge in [0, 0.05) is 18.2 Å². The molecule has 4 rings (SSSR count). The van der Waals surface area contributed by atoms with Crippen LogP contribution in [0.3, 0.4) is 0 Å². The molecule has 2 heterocycles. The Balaban J connectivity index is 1.64. The molecular weight excluding hydrogens is 336 g/mol. The smallest absolute Gasteiger partial charge is 0.243 e. The number of sulfonamides is 1. The van der Waals surface area contributed by atoms with E-state index in [0.29, 0.717) is 17.2 Å².